The molecule has 1 saturated carbocycles. The van der Waals surface area contributed by atoms with Gasteiger partial charge in [-0.05, 0) is 31.7 Å². The molecule has 128 valence electrons. The highest BCUT2D eigenvalue weighted by atomic mass is 32.1. The molecule has 3 rings (SSSR count). The van der Waals surface area contributed by atoms with E-state index in [1.54, 1.807) is 11.3 Å². The van der Waals surface area contributed by atoms with E-state index in [1.165, 1.54) is 18.4 Å². The summed E-state index contributed by atoms with van der Waals surface area (Å²) >= 11 is 1.56. The van der Waals surface area contributed by atoms with Crippen molar-refractivity contribution < 1.29 is 9.90 Å². The minimum absolute atomic E-state index is 0.0758. The Hall–Kier alpha value is -1.72. The number of aliphatic hydroxyl groups excluding tert-OH is 1. The molecular formula is C19H24N2O2S. The first kappa shape index (κ1) is 17.1. The Kier molecular flexibility index (Phi) is 5.63. The number of thiazole rings is 1. The van der Waals surface area contributed by atoms with Crippen LogP contribution in [-0.4, -0.2) is 28.6 Å². The number of aryl methyl sites for hydroxylation is 1. The van der Waals surface area contributed by atoms with E-state index in [4.69, 9.17) is 0 Å². The Bertz CT molecular complexity index is 692. The molecule has 1 fully saturated rings. The molecule has 1 amide bonds. The maximum Gasteiger partial charge on any atom is 0.226 e. The van der Waals surface area contributed by atoms with E-state index in [0.29, 0.717) is 12.5 Å². The van der Waals surface area contributed by atoms with Gasteiger partial charge in [0.1, 0.15) is 5.01 Å². The zero-order chi connectivity index (χ0) is 16.9. The molecule has 2 aromatic rings. The molecule has 0 aliphatic heterocycles. The largest absolute Gasteiger partial charge is 0.391 e. The molecule has 4 nitrogen and oxygen atoms in total. The average molecular weight is 344 g/mol. The van der Waals surface area contributed by atoms with Crippen LogP contribution in [-0.2, 0) is 11.2 Å². The van der Waals surface area contributed by atoms with Gasteiger partial charge in [-0.1, -0.05) is 36.6 Å². The Morgan fingerprint density at radius 1 is 1.42 bits per heavy atom. The maximum atomic E-state index is 12.1. The highest BCUT2D eigenvalue weighted by molar-refractivity contribution is 7.13. The van der Waals surface area contributed by atoms with Crippen LogP contribution >= 0.6 is 11.3 Å². The molecule has 2 N–H and O–H groups in total. The molecule has 1 aromatic carbocycles. The molecule has 1 aliphatic carbocycles. The number of benzene rings is 1. The van der Waals surface area contributed by atoms with Crippen LogP contribution in [0.25, 0.3) is 10.6 Å². The molecule has 0 bridgehead atoms. The van der Waals surface area contributed by atoms with Crippen molar-refractivity contribution in [2.24, 2.45) is 5.92 Å². The van der Waals surface area contributed by atoms with Crippen molar-refractivity contribution in [2.75, 3.05) is 6.54 Å². The highest BCUT2D eigenvalue weighted by Gasteiger charge is 2.23. The molecule has 1 atom stereocenters. The smallest absolute Gasteiger partial charge is 0.226 e. The summed E-state index contributed by atoms with van der Waals surface area (Å²) in [6.07, 6.45) is 4.37. The molecule has 1 aliphatic rings. The lowest BCUT2D eigenvalue weighted by Crippen LogP contribution is -2.36. The van der Waals surface area contributed by atoms with E-state index in [9.17, 15) is 9.90 Å². The van der Waals surface area contributed by atoms with E-state index in [-0.39, 0.29) is 12.3 Å². The summed E-state index contributed by atoms with van der Waals surface area (Å²) in [6, 6.07) is 8.21. The van der Waals surface area contributed by atoms with Gasteiger partial charge in [0.15, 0.2) is 0 Å². The monoisotopic (exact) mass is 344 g/mol. The summed E-state index contributed by atoms with van der Waals surface area (Å²) in [6.45, 7) is 2.40. The Morgan fingerprint density at radius 2 is 2.21 bits per heavy atom. The van der Waals surface area contributed by atoms with E-state index in [1.807, 2.05) is 17.5 Å². The molecule has 1 aromatic heterocycles. The number of hydrogen-bond donors (Lipinski definition) is 2. The minimum atomic E-state index is -0.422. The molecule has 5 heteroatoms. The van der Waals surface area contributed by atoms with Gasteiger partial charge in [0.05, 0.1) is 18.2 Å². The standard InChI is InChI=1S/C19H24N2O2S/c1-13-5-4-8-15(9-13)19-21-16(12-24-19)10-18(23)20-11-17(22)14-6-2-3-7-14/h4-5,8-9,12,14,17,22H,2-3,6-7,10-11H2,1H3,(H,20,23). The van der Waals surface area contributed by atoms with Crippen molar-refractivity contribution in [2.45, 2.75) is 45.1 Å². The Morgan fingerprint density at radius 3 is 2.96 bits per heavy atom. The van der Waals surface area contributed by atoms with Crippen molar-refractivity contribution in [3.63, 3.8) is 0 Å². The predicted molar refractivity (Wildman–Crippen MR) is 97.0 cm³/mol. The number of carbonyl (C=O) groups is 1. The van der Waals surface area contributed by atoms with Gasteiger partial charge in [0, 0.05) is 17.5 Å². The lowest BCUT2D eigenvalue weighted by molar-refractivity contribution is -0.121. The molecule has 1 unspecified atom stereocenters. The molecular weight excluding hydrogens is 320 g/mol. The summed E-state index contributed by atoms with van der Waals surface area (Å²) in [5, 5.41) is 15.8. The highest BCUT2D eigenvalue weighted by Crippen LogP contribution is 2.27. The van der Waals surface area contributed by atoms with Crippen molar-refractivity contribution in [3.8, 4) is 10.6 Å². The van der Waals surface area contributed by atoms with Gasteiger partial charge < -0.3 is 10.4 Å². The van der Waals surface area contributed by atoms with Crippen molar-refractivity contribution in [1.82, 2.24) is 10.3 Å². The second kappa shape index (κ2) is 7.90. The van der Waals surface area contributed by atoms with Crippen LogP contribution in [0, 0.1) is 12.8 Å². The number of nitrogens with one attached hydrogen (secondary N) is 1. The summed E-state index contributed by atoms with van der Waals surface area (Å²) in [4.78, 5) is 16.6. The maximum absolute atomic E-state index is 12.1. The summed E-state index contributed by atoms with van der Waals surface area (Å²) in [5.41, 5.74) is 3.07. The van der Waals surface area contributed by atoms with Gasteiger partial charge in [0.25, 0.3) is 0 Å². The van der Waals surface area contributed by atoms with E-state index >= 15 is 0 Å². The van der Waals surface area contributed by atoms with Crippen LogP contribution < -0.4 is 5.32 Å². The van der Waals surface area contributed by atoms with Crippen LogP contribution in [0.1, 0.15) is 36.9 Å². The first-order valence-electron chi connectivity index (χ1n) is 8.58. The third-order valence-corrected chi connectivity index (χ3v) is 5.55. The second-order valence-electron chi connectivity index (χ2n) is 6.61. The van der Waals surface area contributed by atoms with Crippen LogP contribution in [0.4, 0.5) is 0 Å². The number of rotatable bonds is 6. The third kappa shape index (κ3) is 4.42. The summed E-state index contributed by atoms with van der Waals surface area (Å²) in [5.74, 6) is 0.269. The molecule has 0 spiro atoms. The number of amides is 1. The van der Waals surface area contributed by atoms with Gasteiger partial charge >= 0.3 is 0 Å². The fourth-order valence-electron chi connectivity index (χ4n) is 3.25. The van der Waals surface area contributed by atoms with Crippen LogP contribution in [0.5, 0.6) is 0 Å². The fourth-order valence-corrected chi connectivity index (χ4v) is 4.07. The van der Waals surface area contributed by atoms with Crippen LogP contribution in [0.15, 0.2) is 29.6 Å². The number of aliphatic hydroxyl groups is 1. The number of nitrogens with zero attached hydrogens (tertiary/aromatic N) is 1. The fraction of sp³-hybridized carbons (Fsp3) is 0.474. The summed E-state index contributed by atoms with van der Waals surface area (Å²) < 4.78 is 0. The van der Waals surface area contributed by atoms with Gasteiger partial charge in [0.2, 0.25) is 5.91 Å². The zero-order valence-corrected chi connectivity index (χ0v) is 14.8. The Balaban J connectivity index is 1.51. The van der Waals surface area contributed by atoms with Crippen LogP contribution in [0.3, 0.4) is 0 Å². The van der Waals surface area contributed by atoms with Crippen molar-refractivity contribution >= 4 is 17.2 Å². The molecule has 0 radical (unpaired) electrons. The van der Waals surface area contributed by atoms with E-state index in [0.717, 1.165) is 29.1 Å². The van der Waals surface area contributed by atoms with Crippen molar-refractivity contribution in [1.29, 1.82) is 0 Å². The normalized spacial score (nSPS) is 16.2. The molecule has 1 heterocycles. The first-order valence-corrected chi connectivity index (χ1v) is 9.46. The SMILES string of the molecule is Cc1cccc(-c2nc(CC(=O)NCC(O)C3CCCC3)cs2)c1. The van der Waals surface area contributed by atoms with E-state index in [2.05, 4.69) is 29.4 Å². The quantitative estimate of drug-likeness (QED) is 0.845. The average Bonchev–Trinajstić information content (AvgIpc) is 3.24. The molecule has 0 saturated heterocycles. The lowest BCUT2D eigenvalue weighted by Gasteiger charge is -2.17. The zero-order valence-electron chi connectivity index (χ0n) is 14.0. The second-order valence-corrected chi connectivity index (χ2v) is 7.46. The van der Waals surface area contributed by atoms with Crippen LogP contribution in [0.2, 0.25) is 0 Å². The van der Waals surface area contributed by atoms with E-state index < -0.39 is 6.10 Å². The topological polar surface area (TPSA) is 62.2 Å². The van der Waals surface area contributed by atoms with Gasteiger partial charge in [-0.25, -0.2) is 4.98 Å². The number of hydrogen-bond acceptors (Lipinski definition) is 4. The Labute approximate surface area is 146 Å². The summed E-state index contributed by atoms with van der Waals surface area (Å²) in [7, 11) is 0. The molecule has 24 heavy (non-hydrogen) atoms. The number of carbonyl (C=O) groups excluding carboxylic acids is 1. The third-order valence-electron chi connectivity index (χ3n) is 4.61. The first-order chi connectivity index (χ1) is 11.6. The lowest BCUT2D eigenvalue weighted by atomic mass is 10.0. The van der Waals surface area contributed by atoms with Gasteiger partial charge in [-0.3, -0.25) is 4.79 Å². The number of aromatic nitrogens is 1. The van der Waals surface area contributed by atoms with Gasteiger partial charge in [-0.2, -0.15) is 0 Å². The van der Waals surface area contributed by atoms with Crippen molar-refractivity contribution in [3.05, 3.63) is 40.9 Å². The van der Waals surface area contributed by atoms with Gasteiger partial charge in [-0.15, -0.1) is 11.3 Å². The minimum Gasteiger partial charge on any atom is -0.391 e. The predicted octanol–water partition coefficient (Wildman–Crippen LogP) is 3.33.